The maximum Gasteiger partial charge on any atom is 0.419 e. The van der Waals surface area contributed by atoms with Gasteiger partial charge in [0.15, 0.2) is 5.58 Å². The lowest BCUT2D eigenvalue weighted by molar-refractivity contribution is -0.147. The van der Waals surface area contributed by atoms with Gasteiger partial charge in [0.1, 0.15) is 0 Å². The van der Waals surface area contributed by atoms with Gasteiger partial charge in [-0.05, 0) is 54.2 Å². The summed E-state index contributed by atoms with van der Waals surface area (Å²) in [5.41, 5.74) is 9.04. The monoisotopic (exact) mass is 283 g/mol. The van der Waals surface area contributed by atoms with Crippen molar-refractivity contribution in [3.05, 3.63) is 34.3 Å². The second kappa shape index (κ2) is 3.77. The van der Waals surface area contributed by atoms with Crippen molar-refractivity contribution in [2.45, 2.75) is 37.1 Å². The number of oxazole rings is 1. The summed E-state index contributed by atoms with van der Waals surface area (Å²) in [7, 11) is 1.73. The van der Waals surface area contributed by atoms with Crippen molar-refractivity contribution in [2.75, 3.05) is 0 Å². The van der Waals surface area contributed by atoms with E-state index in [4.69, 9.17) is 15.4 Å². The molecule has 3 saturated carbocycles. The van der Waals surface area contributed by atoms with E-state index in [0.717, 1.165) is 31.2 Å². The van der Waals surface area contributed by atoms with E-state index < -0.39 is 0 Å². The van der Waals surface area contributed by atoms with Gasteiger partial charge in [-0.3, -0.25) is 4.57 Å². The topological polar surface area (TPSA) is 84.9 Å². The van der Waals surface area contributed by atoms with Crippen molar-refractivity contribution in [1.29, 1.82) is 5.26 Å². The molecule has 1 aromatic heterocycles. The lowest BCUT2D eigenvalue weighted by Gasteiger charge is -2.72. The Kier molecular flexibility index (Phi) is 2.28. The fraction of sp³-hybridized carbons (Fsp3) is 0.500. The van der Waals surface area contributed by atoms with E-state index in [1.165, 1.54) is 5.56 Å². The Hall–Kier alpha value is -2.06. The summed E-state index contributed by atoms with van der Waals surface area (Å²) in [6, 6.07) is 7.82. The number of fused-ring (bicyclic) bond motifs is 1. The Labute approximate surface area is 122 Å². The zero-order valence-electron chi connectivity index (χ0n) is 11.9. The highest BCUT2D eigenvalue weighted by molar-refractivity contribution is 5.74. The van der Waals surface area contributed by atoms with Crippen LogP contribution in [0.1, 0.15) is 31.2 Å². The molecule has 0 radical (unpaired) electrons. The molecule has 2 aromatic rings. The smallest absolute Gasteiger partial charge is 0.408 e. The highest BCUT2D eigenvalue weighted by Gasteiger charge is 2.67. The summed E-state index contributed by atoms with van der Waals surface area (Å²) >= 11 is 0. The fourth-order valence-corrected chi connectivity index (χ4v) is 4.49. The van der Waals surface area contributed by atoms with Crippen molar-refractivity contribution < 1.29 is 4.42 Å². The summed E-state index contributed by atoms with van der Waals surface area (Å²) in [5.74, 6) is -0.323. The normalized spacial score (nSPS) is 31.3. The maximum absolute atomic E-state index is 11.5. The van der Waals surface area contributed by atoms with Crippen LogP contribution in [-0.4, -0.2) is 10.6 Å². The predicted octanol–water partition coefficient (Wildman–Crippen LogP) is 1.79. The molecule has 3 aliphatic rings. The number of nitriles is 1. The van der Waals surface area contributed by atoms with Crippen LogP contribution in [0.2, 0.25) is 0 Å². The van der Waals surface area contributed by atoms with E-state index >= 15 is 0 Å². The predicted molar refractivity (Wildman–Crippen MR) is 77.6 cm³/mol. The van der Waals surface area contributed by atoms with Crippen LogP contribution in [-0.2, 0) is 12.5 Å². The zero-order valence-corrected chi connectivity index (χ0v) is 11.9. The molecule has 1 aromatic carbocycles. The van der Waals surface area contributed by atoms with Gasteiger partial charge in [-0.1, -0.05) is 6.07 Å². The molecule has 1 heterocycles. The first kappa shape index (κ1) is 12.7. The molecule has 0 aliphatic heterocycles. The van der Waals surface area contributed by atoms with Gasteiger partial charge in [-0.2, -0.15) is 5.26 Å². The van der Waals surface area contributed by atoms with Gasteiger partial charge >= 0.3 is 5.76 Å². The molecule has 0 saturated heterocycles. The Morgan fingerprint density at radius 3 is 2.86 bits per heavy atom. The third-order valence-corrected chi connectivity index (χ3v) is 5.36. The van der Waals surface area contributed by atoms with Crippen LogP contribution in [0.15, 0.2) is 27.4 Å². The molecule has 1 unspecified atom stereocenters. The van der Waals surface area contributed by atoms with Crippen molar-refractivity contribution in [2.24, 2.45) is 18.2 Å². The summed E-state index contributed by atoms with van der Waals surface area (Å²) in [6.07, 6.45) is 4.11. The zero-order chi connectivity index (χ0) is 14.8. The first-order valence-electron chi connectivity index (χ1n) is 7.22. The van der Waals surface area contributed by atoms with Gasteiger partial charge in [0, 0.05) is 7.05 Å². The van der Waals surface area contributed by atoms with Gasteiger partial charge in [0.25, 0.3) is 0 Å². The van der Waals surface area contributed by atoms with Crippen LogP contribution in [0, 0.1) is 16.7 Å². The molecule has 2 bridgehead atoms. The minimum Gasteiger partial charge on any atom is -0.408 e. The fourth-order valence-electron chi connectivity index (χ4n) is 4.49. The summed E-state index contributed by atoms with van der Waals surface area (Å²) in [4.78, 5) is 11.5. The van der Waals surface area contributed by atoms with Crippen LogP contribution in [0.3, 0.4) is 0 Å². The molecule has 0 amide bonds. The van der Waals surface area contributed by atoms with Gasteiger partial charge in [-0.25, -0.2) is 4.79 Å². The van der Waals surface area contributed by atoms with Gasteiger partial charge in [0.05, 0.1) is 17.6 Å². The Bertz CT molecular complexity index is 820. The van der Waals surface area contributed by atoms with E-state index in [-0.39, 0.29) is 22.6 Å². The van der Waals surface area contributed by atoms with Crippen molar-refractivity contribution in [3.63, 3.8) is 0 Å². The molecule has 21 heavy (non-hydrogen) atoms. The molecule has 5 rings (SSSR count). The van der Waals surface area contributed by atoms with Gasteiger partial charge in [-0.15, -0.1) is 0 Å². The van der Waals surface area contributed by atoms with Gasteiger partial charge < -0.3 is 10.2 Å². The first-order valence-corrected chi connectivity index (χ1v) is 7.22. The van der Waals surface area contributed by atoms with Crippen molar-refractivity contribution >= 4 is 11.1 Å². The quantitative estimate of drug-likeness (QED) is 0.930. The Morgan fingerprint density at radius 1 is 1.48 bits per heavy atom. The SMILES string of the molecule is Cn1c(=O)oc2ccc(C34CC(CC(N)C#N)(C3)C4)cc21. The molecule has 5 nitrogen and oxygen atoms in total. The van der Waals surface area contributed by atoms with Crippen molar-refractivity contribution in [3.8, 4) is 6.07 Å². The minimum absolute atomic E-state index is 0.233. The molecule has 2 N–H and O–H groups in total. The maximum atomic E-state index is 11.5. The highest BCUT2D eigenvalue weighted by atomic mass is 16.4. The number of nitrogens with zero attached hydrogens (tertiary/aromatic N) is 2. The van der Waals surface area contributed by atoms with Crippen LogP contribution in [0.25, 0.3) is 11.1 Å². The number of hydrogen-bond donors (Lipinski definition) is 1. The number of aryl methyl sites for hydroxylation is 1. The van der Waals surface area contributed by atoms with Crippen LogP contribution in [0.4, 0.5) is 0 Å². The molecule has 108 valence electrons. The van der Waals surface area contributed by atoms with Crippen LogP contribution < -0.4 is 11.5 Å². The number of nitrogens with two attached hydrogens (primary N) is 1. The molecule has 3 aliphatic carbocycles. The molecule has 1 atom stereocenters. The van der Waals surface area contributed by atoms with E-state index in [1.54, 1.807) is 11.6 Å². The minimum atomic E-state index is -0.347. The molecule has 5 heteroatoms. The van der Waals surface area contributed by atoms with E-state index in [1.807, 2.05) is 6.07 Å². The summed E-state index contributed by atoms with van der Waals surface area (Å²) in [6.45, 7) is 0. The number of rotatable bonds is 3. The van der Waals surface area contributed by atoms with E-state index in [0.29, 0.717) is 5.58 Å². The van der Waals surface area contributed by atoms with Crippen LogP contribution >= 0.6 is 0 Å². The van der Waals surface area contributed by atoms with E-state index in [2.05, 4.69) is 18.2 Å². The average Bonchev–Trinajstić information content (AvgIpc) is 2.67. The van der Waals surface area contributed by atoms with Crippen LogP contribution in [0.5, 0.6) is 0 Å². The highest BCUT2D eigenvalue weighted by Crippen LogP contribution is 2.75. The van der Waals surface area contributed by atoms with Crippen molar-refractivity contribution in [1.82, 2.24) is 4.57 Å². The second-order valence-corrected chi connectivity index (χ2v) is 6.86. The average molecular weight is 283 g/mol. The molecular formula is C16H17N3O2. The Balaban J connectivity index is 1.62. The molecule has 0 spiro atoms. The van der Waals surface area contributed by atoms with E-state index in [9.17, 15) is 4.79 Å². The number of benzene rings is 1. The lowest BCUT2D eigenvalue weighted by Crippen LogP contribution is -2.65. The molecular weight excluding hydrogens is 266 g/mol. The Morgan fingerprint density at radius 2 is 2.19 bits per heavy atom. The standard InChI is InChI=1S/C16H17N3O2/c1-19-12-4-10(2-3-13(12)21-14(19)20)16-7-15(8-16,9-16)5-11(18)6-17/h2-4,11H,5,7-9,18H2,1H3. The third-order valence-electron chi connectivity index (χ3n) is 5.36. The third kappa shape index (κ3) is 1.57. The molecule has 3 fully saturated rings. The second-order valence-electron chi connectivity index (χ2n) is 6.86. The lowest BCUT2D eigenvalue weighted by atomic mass is 9.32. The summed E-state index contributed by atoms with van der Waals surface area (Å²) < 4.78 is 6.72. The number of hydrogen-bond acceptors (Lipinski definition) is 4. The summed E-state index contributed by atoms with van der Waals surface area (Å²) in [5, 5.41) is 8.85. The van der Waals surface area contributed by atoms with Gasteiger partial charge in [0.2, 0.25) is 0 Å². The number of aromatic nitrogens is 1. The largest absolute Gasteiger partial charge is 0.419 e. The first-order chi connectivity index (χ1) is 9.97.